The van der Waals surface area contributed by atoms with E-state index in [1.54, 1.807) is 19.5 Å². The molecule has 0 spiro atoms. The summed E-state index contributed by atoms with van der Waals surface area (Å²) >= 11 is 0. The lowest BCUT2D eigenvalue weighted by Gasteiger charge is -2.38. The number of halogens is 1. The van der Waals surface area contributed by atoms with Crippen LogP contribution in [0, 0.1) is 12.7 Å². The van der Waals surface area contributed by atoms with E-state index in [0.717, 1.165) is 35.9 Å². The summed E-state index contributed by atoms with van der Waals surface area (Å²) in [7, 11) is 1.57. The zero-order valence-electron chi connectivity index (χ0n) is 25.1. The predicted molar refractivity (Wildman–Crippen MR) is 159 cm³/mol. The van der Waals surface area contributed by atoms with Gasteiger partial charge in [-0.15, -0.1) is 0 Å². The second kappa shape index (κ2) is 12.1. The Kier molecular flexibility index (Phi) is 8.03. The first-order valence-electron chi connectivity index (χ1n) is 14.7. The van der Waals surface area contributed by atoms with Gasteiger partial charge in [-0.25, -0.2) is 28.7 Å². The molecule has 1 aliphatic carbocycles. The third kappa shape index (κ3) is 5.74. The SMILES string of the molecule is CCCn1ncc2c(Nc3cc(C)[nH]n3)nc([C@H]3CC[C@@](OC)(C(=O)N[C@@H](C)c4cnc(-n5cc(F)cn5)cn4)CC3)nc21. The van der Waals surface area contributed by atoms with Crippen molar-refractivity contribution in [3.63, 3.8) is 0 Å². The maximum absolute atomic E-state index is 13.6. The van der Waals surface area contributed by atoms with Gasteiger partial charge < -0.3 is 15.4 Å². The van der Waals surface area contributed by atoms with Gasteiger partial charge >= 0.3 is 0 Å². The number of rotatable bonds is 10. The van der Waals surface area contributed by atoms with E-state index in [9.17, 15) is 9.18 Å². The first kappa shape index (κ1) is 29.3. The molecular weight excluding hydrogens is 567 g/mol. The quantitative estimate of drug-likeness (QED) is 0.212. The van der Waals surface area contributed by atoms with E-state index in [4.69, 9.17) is 14.7 Å². The van der Waals surface area contributed by atoms with Crippen molar-refractivity contribution in [3.8, 4) is 5.82 Å². The van der Waals surface area contributed by atoms with Crippen LogP contribution in [0.4, 0.5) is 16.0 Å². The van der Waals surface area contributed by atoms with E-state index >= 15 is 0 Å². The summed E-state index contributed by atoms with van der Waals surface area (Å²) in [6, 6.07) is 1.49. The number of carbonyl (C=O) groups excluding carboxylic acids is 1. The van der Waals surface area contributed by atoms with Crippen LogP contribution in [0.5, 0.6) is 0 Å². The van der Waals surface area contributed by atoms with Crippen LogP contribution < -0.4 is 10.6 Å². The van der Waals surface area contributed by atoms with Crippen LogP contribution in [0.15, 0.2) is 37.1 Å². The molecule has 1 amide bonds. The van der Waals surface area contributed by atoms with E-state index < -0.39 is 17.5 Å². The minimum Gasteiger partial charge on any atom is -0.368 e. The lowest BCUT2D eigenvalue weighted by molar-refractivity contribution is -0.148. The fourth-order valence-electron chi connectivity index (χ4n) is 5.60. The van der Waals surface area contributed by atoms with Crippen LogP contribution in [0.3, 0.4) is 0 Å². The van der Waals surface area contributed by atoms with Crippen molar-refractivity contribution in [2.75, 3.05) is 12.4 Å². The maximum Gasteiger partial charge on any atom is 0.252 e. The van der Waals surface area contributed by atoms with Gasteiger partial charge in [-0.2, -0.15) is 15.3 Å². The fraction of sp³-hybridized carbons (Fsp3) is 0.448. The van der Waals surface area contributed by atoms with Crippen LogP contribution in [-0.2, 0) is 16.1 Å². The fourth-order valence-corrected chi connectivity index (χ4v) is 5.60. The Morgan fingerprint density at radius 2 is 2.00 bits per heavy atom. The highest BCUT2D eigenvalue weighted by Gasteiger charge is 2.43. The molecule has 15 heteroatoms. The third-order valence-corrected chi connectivity index (χ3v) is 8.10. The van der Waals surface area contributed by atoms with Gasteiger partial charge in [0, 0.05) is 31.3 Å². The number of aromatic amines is 1. The summed E-state index contributed by atoms with van der Waals surface area (Å²) in [4.78, 5) is 32.2. The summed E-state index contributed by atoms with van der Waals surface area (Å²) in [6.07, 6.45) is 10.4. The molecule has 230 valence electrons. The van der Waals surface area contributed by atoms with Crippen molar-refractivity contribution >= 4 is 28.6 Å². The molecule has 0 aliphatic heterocycles. The van der Waals surface area contributed by atoms with Gasteiger partial charge in [-0.1, -0.05) is 6.92 Å². The molecule has 0 aromatic carbocycles. The minimum absolute atomic E-state index is 0.0323. The van der Waals surface area contributed by atoms with E-state index in [-0.39, 0.29) is 11.8 Å². The standard InChI is InChI=1S/C29H35FN12O2/c1-5-10-41-27-21(13-34-41)26(36-23-11-17(2)39-40-23)37-25(38-27)19-6-8-29(44-4,9-7-19)28(43)35-18(3)22-14-32-24(15-31-22)42-16-20(30)12-33-42/h11-16,18-19H,5-10H2,1-4H3,(H,35,43)(H2,36,37,38,39,40)/t18-,19-,29-/m0/s1. The van der Waals surface area contributed by atoms with Crippen LogP contribution >= 0.6 is 0 Å². The number of carbonyl (C=O) groups is 1. The highest BCUT2D eigenvalue weighted by Crippen LogP contribution is 2.40. The number of aryl methyl sites for hydroxylation is 2. The van der Waals surface area contributed by atoms with Crippen molar-refractivity contribution in [2.24, 2.45) is 0 Å². The normalized spacial score (nSPS) is 19.2. The van der Waals surface area contributed by atoms with Crippen molar-refractivity contribution in [3.05, 3.63) is 60.1 Å². The van der Waals surface area contributed by atoms with Crippen molar-refractivity contribution in [1.82, 2.24) is 55.0 Å². The molecule has 3 N–H and O–H groups in total. The smallest absolute Gasteiger partial charge is 0.252 e. The van der Waals surface area contributed by atoms with Gasteiger partial charge in [-0.05, 0) is 46.0 Å². The number of H-pyrrole nitrogens is 1. The molecule has 1 saturated carbocycles. The maximum atomic E-state index is 13.6. The zero-order valence-corrected chi connectivity index (χ0v) is 25.1. The number of nitrogens with zero attached hydrogens (tertiary/aromatic N) is 9. The highest BCUT2D eigenvalue weighted by molar-refractivity contribution is 5.88. The molecule has 0 saturated heterocycles. The summed E-state index contributed by atoms with van der Waals surface area (Å²) in [5, 5.41) is 22.9. The first-order chi connectivity index (χ1) is 21.3. The number of fused-ring (bicyclic) bond motifs is 1. The topological polar surface area (TPSA) is 166 Å². The first-order valence-corrected chi connectivity index (χ1v) is 14.7. The Morgan fingerprint density at radius 3 is 2.64 bits per heavy atom. The number of ether oxygens (including phenoxy) is 1. The molecule has 1 atom stereocenters. The highest BCUT2D eigenvalue weighted by atomic mass is 19.1. The number of anilines is 2. The van der Waals surface area contributed by atoms with Crippen LogP contribution in [-0.4, -0.2) is 68.3 Å². The molecule has 6 rings (SSSR count). The van der Waals surface area contributed by atoms with Crippen LogP contribution in [0.1, 0.15) is 75.1 Å². The molecule has 14 nitrogen and oxygen atoms in total. The average Bonchev–Trinajstić information content (AvgIpc) is 3.77. The monoisotopic (exact) mass is 602 g/mol. The van der Waals surface area contributed by atoms with E-state index in [0.29, 0.717) is 54.7 Å². The summed E-state index contributed by atoms with van der Waals surface area (Å²) in [5.41, 5.74) is 1.27. The second-order valence-corrected chi connectivity index (χ2v) is 11.2. The molecular formula is C29H35FN12O2. The molecule has 1 fully saturated rings. The molecule has 0 radical (unpaired) electrons. The van der Waals surface area contributed by atoms with E-state index in [2.05, 4.69) is 47.9 Å². The molecule has 5 heterocycles. The Balaban J connectivity index is 1.17. The van der Waals surface area contributed by atoms with Gasteiger partial charge in [0.05, 0.1) is 48.1 Å². The molecule has 5 aromatic heterocycles. The number of nitrogens with one attached hydrogen (secondary N) is 3. The number of amides is 1. The summed E-state index contributed by atoms with van der Waals surface area (Å²) in [5.74, 6) is 1.75. The van der Waals surface area contributed by atoms with Crippen LogP contribution in [0.2, 0.25) is 0 Å². The Labute approximate surface area is 252 Å². The van der Waals surface area contributed by atoms with E-state index in [1.807, 2.05) is 24.6 Å². The third-order valence-electron chi connectivity index (χ3n) is 8.10. The average molecular weight is 603 g/mol. The Hall–Kier alpha value is -4.79. The predicted octanol–water partition coefficient (Wildman–Crippen LogP) is 4.05. The van der Waals surface area contributed by atoms with Gasteiger partial charge in [-0.3, -0.25) is 14.9 Å². The van der Waals surface area contributed by atoms with Crippen LogP contribution in [0.25, 0.3) is 16.9 Å². The number of hydrogen-bond donors (Lipinski definition) is 3. The van der Waals surface area contributed by atoms with Gasteiger partial charge in [0.2, 0.25) is 0 Å². The molecule has 5 aromatic rings. The van der Waals surface area contributed by atoms with E-state index in [1.165, 1.54) is 17.1 Å². The van der Waals surface area contributed by atoms with Crippen molar-refractivity contribution < 1.29 is 13.9 Å². The molecule has 44 heavy (non-hydrogen) atoms. The summed E-state index contributed by atoms with van der Waals surface area (Å²) in [6.45, 7) is 6.62. The molecule has 0 bridgehead atoms. The van der Waals surface area contributed by atoms with Gasteiger partial charge in [0.15, 0.2) is 23.1 Å². The van der Waals surface area contributed by atoms with Crippen molar-refractivity contribution in [2.45, 2.75) is 77.0 Å². The number of hydrogen-bond acceptors (Lipinski definition) is 10. The number of methoxy groups -OCH3 is 1. The molecule has 1 aliphatic rings. The zero-order chi connectivity index (χ0) is 30.8. The molecule has 0 unspecified atom stereocenters. The lowest BCUT2D eigenvalue weighted by atomic mass is 9.77. The minimum atomic E-state index is -0.994. The number of aromatic nitrogens is 10. The lowest BCUT2D eigenvalue weighted by Crippen LogP contribution is -2.51. The van der Waals surface area contributed by atoms with Gasteiger partial charge in [0.1, 0.15) is 17.2 Å². The second-order valence-electron chi connectivity index (χ2n) is 11.2. The van der Waals surface area contributed by atoms with Crippen molar-refractivity contribution in [1.29, 1.82) is 0 Å². The summed E-state index contributed by atoms with van der Waals surface area (Å²) < 4.78 is 22.4. The van der Waals surface area contributed by atoms with Gasteiger partial charge in [0.25, 0.3) is 5.91 Å². The Bertz CT molecular complexity index is 1750. The largest absolute Gasteiger partial charge is 0.368 e. The Morgan fingerprint density at radius 1 is 1.18 bits per heavy atom.